The molecule has 3 heterocycles. The van der Waals surface area contributed by atoms with Crippen molar-refractivity contribution in [3.8, 4) is 5.75 Å². The maximum atomic E-state index is 11.2. The van der Waals surface area contributed by atoms with Crippen molar-refractivity contribution in [3.05, 3.63) is 55.8 Å². The van der Waals surface area contributed by atoms with Gasteiger partial charge in [0.05, 0.1) is 22.0 Å². The number of hydrogen-bond donors (Lipinski definition) is 2. The molecule has 2 N–H and O–H groups in total. The first-order valence-electron chi connectivity index (χ1n) is 8.89. The van der Waals surface area contributed by atoms with Crippen molar-refractivity contribution in [3.63, 3.8) is 0 Å². The maximum Gasteiger partial charge on any atom is 0.270 e. The van der Waals surface area contributed by atoms with Crippen LogP contribution in [-0.2, 0) is 24.4 Å². The number of fused-ring (bicyclic) bond motifs is 1. The summed E-state index contributed by atoms with van der Waals surface area (Å²) in [6.45, 7) is 6.81. The molecule has 1 aromatic carbocycles. The van der Waals surface area contributed by atoms with Crippen LogP contribution in [0.3, 0.4) is 0 Å². The molecule has 0 radical (unpaired) electrons. The van der Waals surface area contributed by atoms with Crippen molar-refractivity contribution >= 4 is 17.0 Å². The molecule has 0 saturated carbocycles. The normalized spacial score (nSPS) is 22.5. The summed E-state index contributed by atoms with van der Waals surface area (Å²) >= 11 is 1.82. The van der Waals surface area contributed by atoms with Crippen molar-refractivity contribution in [2.75, 3.05) is 33.0 Å². The summed E-state index contributed by atoms with van der Waals surface area (Å²) in [4.78, 5) is 15.4. The largest absolute Gasteiger partial charge is 0.467 e. The van der Waals surface area contributed by atoms with E-state index in [2.05, 4.69) is 17.5 Å². The van der Waals surface area contributed by atoms with Gasteiger partial charge in [-0.25, -0.2) is 0 Å². The Balaban J connectivity index is 1.43. The summed E-state index contributed by atoms with van der Waals surface area (Å²) in [7, 11) is 0. The van der Waals surface area contributed by atoms with Gasteiger partial charge in [-0.05, 0) is 11.4 Å². The molecular formula is C18H23N3O4S+2. The minimum Gasteiger partial charge on any atom is -0.467 e. The van der Waals surface area contributed by atoms with Gasteiger partial charge in [-0.3, -0.25) is 10.1 Å². The highest BCUT2D eigenvalue weighted by atomic mass is 32.1. The lowest BCUT2D eigenvalue weighted by atomic mass is 10.1. The number of nitrogens with one attached hydrogen (secondary N) is 2. The molecule has 2 aromatic rings. The van der Waals surface area contributed by atoms with Gasteiger partial charge < -0.3 is 19.3 Å². The lowest BCUT2D eigenvalue weighted by Gasteiger charge is -2.30. The Labute approximate surface area is 155 Å². The topological polar surface area (TPSA) is 70.5 Å². The van der Waals surface area contributed by atoms with Crippen LogP contribution in [0.4, 0.5) is 5.69 Å². The first kappa shape index (κ1) is 17.4. The quantitative estimate of drug-likeness (QED) is 0.569. The Morgan fingerprint density at radius 1 is 1.15 bits per heavy atom. The molecule has 7 nitrogen and oxygen atoms in total. The van der Waals surface area contributed by atoms with Crippen LogP contribution in [0.1, 0.15) is 16.0 Å². The SMILES string of the molecule is O=[N+]([O-])c1cc2c(c(C[NH+]3CC[NH+](Cc4cccs4)CC3)c1)OCOC2. The summed E-state index contributed by atoms with van der Waals surface area (Å²) in [5, 5.41) is 13.4. The number of nitrogens with zero attached hydrogens (tertiary/aromatic N) is 1. The molecule has 0 aliphatic carbocycles. The molecule has 0 amide bonds. The van der Waals surface area contributed by atoms with Gasteiger partial charge in [0.15, 0.2) is 6.79 Å². The molecule has 26 heavy (non-hydrogen) atoms. The fourth-order valence-corrected chi connectivity index (χ4v) is 4.53. The number of benzene rings is 1. The number of rotatable bonds is 5. The summed E-state index contributed by atoms with van der Waals surface area (Å²) in [5.41, 5.74) is 1.82. The van der Waals surface area contributed by atoms with Gasteiger partial charge in [0.2, 0.25) is 0 Å². The van der Waals surface area contributed by atoms with E-state index >= 15 is 0 Å². The second-order valence-corrected chi connectivity index (χ2v) is 7.93. The van der Waals surface area contributed by atoms with Gasteiger partial charge in [0.1, 0.15) is 45.0 Å². The number of ether oxygens (including phenoxy) is 2. The van der Waals surface area contributed by atoms with Crippen molar-refractivity contribution in [2.45, 2.75) is 19.7 Å². The lowest BCUT2D eigenvalue weighted by molar-refractivity contribution is -1.02. The molecule has 138 valence electrons. The average Bonchev–Trinajstić information content (AvgIpc) is 3.16. The zero-order valence-corrected chi connectivity index (χ0v) is 15.3. The molecule has 0 atom stereocenters. The van der Waals surface area contributed by atoms with Gasteiger partial charge in [0, 0.05) is 17.7 Å². The van der Waals surface area contributed by atoms with Crippen molar-refractivity contribution in [2.24, 2.45) is 0 Å². The Bertz CT molecular complexity index is 773. The van der Waals surface area contributed by atoms with E-state index in [0.29, 0.717) is 6.61 Å². The summed E-state index contributed by atoms with van der Waals surface area (Å²) in [6.07, 6.45) is 0. The van der Waals surface area contributed by atoms with Crippen LogP contribution in [0.25, 0.3) is 0 Å². The van der Waals surface area contributed by atoms with Crippen molar-refractivity contribution in [1.82, 2.24) is 0 Å². The molecular weight excluding hydrogens is 354 g/mol. The van der Waals surface area contributed by atoms with Crippen molar-refractivity contribution in [1.29, 1.82) is 0 Å². The molecule has 1 fully saturated rings. The summed E-state index contributed by atoms with van der Waals surface area (Å²) < 4.78 is 10.9. The van der Waals surface area contributed by atoms with Crippen LogP contribution in [0.15, 0.2) is 29.6 Å². The van der Waals surface area contributed by atoms with E-state index in [4.69, 9.17) is 9.47 Å². The third kappa shape index (κ3) is 3.88. The standard InChI is InChI=1S/C18H21N3O4S/c22-21(23)16-8-14(18-15(9-16)12-24-13-25-18)10-19-3-5-20(6-4-19)11-17-2-1-7-26-17/h1-2,7-9H,3-6,10-13H2/p+2. The summed E-state index contributed by atoms with van der Waals surface area (Å²) in [5.74, 6) is 0.780. The first-order chi connectivity index (χ1) is 12.7. The lowest BCUT2D eigenvalue weighted by Crippen LogP contribution is -3.27. The molecule has 4 rings (SSSR count). The van der Waals surface area contributed by atoms with Gasteiger partial charge in [-0.1, -0.05) is 6.07 Å². The number of hydrogen-bond acceptors (Lipinski definition) is 5. The highest BCUT2D eigenvalue weighted by Gasteiger charge is 2.27. The highest BCUT2D eigenvalue weighted by molar-refractivity contribution is 7.09. The van der Waals surface area contributed by atoms with Crippen LogP contribution in [0.2, 0.25) is 0 Å². The fourth-order valence-electron chi connectivity index (χ4n) is 3.76. The van der Waals surface area contributed by atoms with E-state index in [9.17, 15) is 10.1 Å². The number of non-ortho nitro benzene ring substituents is 1. The van der Waals surface area contributed by atoms with Gasteiger partial charge in [-0.2, -0.15) is 0 Å². The van der Waals surface area contributed by atoms with Crippen LogP contribution in [-0.4, -0.2) is 37.9 Å². The van der Waals surface area contributed by atoms with E-state index in [1.807, 2.05) is 11.3 Å². The molecule has 2 aliphatic rings. The zero-order valence-electron chi connectivity index (χ0n) is 14.5. The van der Waals surface area contributed by atoms with Crippen LogP contribution < -0.4 is 14.5 Å². The number of nitro benzene ring substituents is 1. The van der Waals surface area contributed by atoms with Crippen LogP contribution >= 0.6 is 11.3 Å². The minimum atomic E-state index is -0.336. The Hall–Kier alpha value is -2.00. The van der Waals surface area contributed by atoms with Gasteiger partial charge in [0.25, 0.3) is 5.69 Å². The van der Waals surface area contributed by atoms with Crippen LogP contribution in [0, 0.1) is 10.1 Å². The van der Waals surface area contributed by atoms with Crippen LogP contribution in [0.5, 0.6) is 5.75 Å². The predicted molar refractivity (Wildman–Crippen MR) is 96.5 cm³/mol. The maximum absolute atomic E-state index is 11.2. The minimum absolute atomic E-state index is 0.120. The Morgan fingerprint density at radius 3 is 2.62 bits per heavy atom. The Morgan fingerprint density at radius 2 is 1.92 bits per heavy atom. The number of nitro groups is 1. The molecule has 0 unspecified atom stereocenters. The van der Waals surface area contributed by atoms with E-state index in [-0.39, 0.29) is 17.4 Å². The smallest absolute Gasteiger partial charge is 0.270 e. The average molecular weight is 377 g/mol. The van der Waals surface area contributed by atoms with E-state index in [0.717, 1.165) is 56.1 Å². The Kier molecular flexibility index (Phi) is 5.16. The van der Waals surface area contributed by atoms with Gasteiger partial charge >= 0.3 is 0 Å². The van der Waals surface area contributed by atoms with E-state index < -0.39 is 0 Å². The molecule has 1 saturated heterocycles. The predicted octanol–water partition coefficient (Wildman–Crippen LogP) is 0.00640. The fraction of sp³-hybridized carbons (Fsp3) is 0.444. The second kappa shape index (κ2) is 7.71. The van der Waals surface area contributed by atoms with Gasteiger partial charge in [-0.15, -0.1) is 11.3 Å². The number of thiophene rings is 1. The first-order valence-corrected chi connectivity index (χ1v) is 9.77. The number of quaternary nitrogens is 2. The monoisotopic (exact) mass is 377 g/mol. The highest BCUT2D eigenvalue weighted by Crippen LogP contribution is 2.32. The number of piperazine rings is 1. The third-order valence-corrected chi connectivity index (χ3v) is 5.97. The van der Waals surface area contributed by atoms with Crippen molar-refractivity contribution < 1.29 is 24.2 Å². The molecule has 8 heteroatoms. The third-order valence-electron chi connectivity index (χ3n) is 5.09. The summed E-state index contributed by atoms with van der Waals surface area (Å²) in [6, 6.07) is 7.54. The van der Waals surface area contributed by atoms with E-state index in [1.165, 1.54) is 9.78 Å². The second-order valence-electron chi connectivity index (χ2n) is 6.89. The molecule has 0 bridgehead atoms. The molecule has 2 aliphatic heterocycles. The van der Waals surface area contributed by atoms with E-state index in [1.54, 1.807) is 17.0 Å². The molecule has 0 spiro atoms. The zero-order chi connectivity index (χ0) is 17.9. The molecule has 1 aromatic heterocycles.